The van der Waals surface area contributed by atoms with E-state index in [9.17, 15) is 14.0 Å². The van der Waals surface area contributed by atoms with E-state index in [1.54, 1.807) is 33.8 Å². The SMILES string of the molecule is CSc1ncc(C(=O)OCC(=O)Nc2ccnn2Cc2ccccc2Cl)n1-c1ccc(F)cc1. The van der Waals surface area contributed by atoms with Gasteiger partial charge in [0, 0.05) is 16.8 Å². The van der Waals surface area contributed by atoms with Gasteiger partial charge in [-0.1, -0.05) is 41.6 Å². The third-order valence-electron chi connectivity index (χ3n) is 4.80. The summed E-state index contributed by atoms with van der Waals surface area (Å²) < 4.78 is 21.7. The molecule has 0 saturated heterocycles. The number of thioether (sulfide) groups is 1. The lowest BCUT2D eigenvalue weighted by Crippen LogP contribution is -2.23. The monoisotopic (exact) mass is 499 g/mol. The maximum Gasteiger partial charge on any atom is 0.357 e. The molecular weight excluding hydrogens is 481 g/mol. The third-order valence-corrected chi connectivity index (χ3v) is 5.82. The Morgan fingerprint density at radius 1 is 1.15 bits per heavy atom. The van der Waals surface area contributed by atoms with Gasteiger partial charge in [0.25, 0.3) is 5.91 Å². The number of ether oxygens (including phenoxy) is 1. The number of imidazole rings is 1. The fourth-order valence-electron chi connectivity index (χ4n) is 3.20. The van der Waals surface area contributed by atoms with Crippen LogP contribution in [0, 0.1) is 5.82 Å². The summed E-state index contributed by atoms with van der Waals surface area (Å²) in [7, 11) is 0. The Balaban J connectivity index is 1.42. The Morgan fingerprint density at radius 2 is 1.91 bits per heavy atom. The van der Waals surface area contributed by atoms with Crippen molar-refractivity contribution < 1.29 is 18.7 Å². The molecule has 8 nitrogen and oxygen atoms in total. The highest BCUT2D eigenvalue weighted by Crippen LogP contribution is 2.23. The molecule has 2 heterocycles. The van der Waals surface area contributed by atoms with Crippen molar-refractivity contribution in [1.29, 1.82) is 0 Å². The first kappa shape index (κ1) is 23.5. The number of hydrogen-bond acceptors (Lipinski definition) is 6. The molecule has 0 atom stereocenters. The molecular formula is C23H19ClFN5O3S. The van der Waals surface area contributed by atoms with Crippen LogP contribution in [0.15, 0.2) is 72.1 Å². The first-order valence-corrected chi connectivity index (χ1v) is 11.7. The van der Waals surface area contributed by atoms with Gasteiger partial charge >= 0.3 is 5.97 Å². The zero-order valence-electron chi connectivity index (χ0n) is 17.9. The summed E-state index contributed by atoms with van der Waals surface area (Å²) in [6.45, 7) is -0.157. The lowest BCUT2D eigenvalue weighted by Gasteiger charge is -2.12. The molecule has 0 saturated carbocycles. The molecule has 2 aromatic carbocycles. The molecule has 0 spiro atoms. The number of halogens is 2. The van der Waals surface area contributed by atoms with E-state index in [0.717, 1.165) is 5.56 Å². The second kappa shape index (κ2) is 10.5. The van der Waals surface area contributed by atoms with Gasteiger partial charge in [-0.15, -0.1) is 0 Å². The zero-order valence-corrected chi connectivity index (χ0v) is 19.5. The molecule has 4 rings (SSSR count). The van der Waals surface area contributed by atoms with Crippen LogP contribution in [0.3, 0.4) is 0 Å². The second-order valence-corrected chi connectivity index (χ2v) is 8.21. The van der Waals surface area contributed by atoms with Crippen LogP contribution in [-0.4, -0.2) is 44.1 Å². The lowest BCUT2D eigenvalue weighted by molar-refractivity contribution is -0.119. The molecule has 0 unspecified atom stereocenters. The van der Waals surface area contributed by atoms with Crippen LogP contribution in [0.1, 0.15) is 16.1 Å². The standard InChI is InChI=1S/C23H19ClFN5O3S/c1-34-23-26-12-19(30(23)17-8-6-16(25)7-9-17)22(32)33-14-21(31)28-20-10-11-27-29(20)13-15-4-2-3-5-18(15)24/h2-12H,13-14H2,1H3,(H,28,31). The van der Waals surface area contributed by atoms with E-state index in [1.165, 1.54) is 42.2 Å². The maximum atomic E-state index is 13.3. The number of hydrogen-bond donors (Lipinski definition) is 1. The van der Waals surface area contributed by atoms with Crippen LogP contribution in [0.5, 0.6) is 0 Å². The van der Waals surface area contributed by atoms with Gasteiger partial charge in [-0.25, -0.2) is 18.9 Å². The topological polar surface area (TPSA) is 91.0 Å². The Labute approximate surface area is 203 Å². The molecule has 4 aromatic rings. The van der Waals surface area contributed by atoms with Crippen LogP contribution < -0.4 is 5.32 Å². The second-order valence-electron chi connectivity index (χ2n) is 7.03. The molecule has 1 N–H and O–H groups in total. The average molecular weight is 500 g/mol. The molecule has 0 aliphatic heterocycles. The number of carbonyl (C=O) groups is 2. The van der Waals surface area contributed by atoms with E-state index >= 15 is 0 Å². The van der Waals surface area contributed by atoms with Crippen molar-refractivity contribution in [3.05, 3.63) is 89.1 Å². The number of benzene rings is 2. The Bertz CT molecular complexity index is 1320. The highest BCUT2D eigenvalue weighted by atomic mass is 35.5. The molecule has 0 aliphatic carbocycles. The van der Waals surface area contributed by atoms with Crippen molar-refractivity contribution in [1.82, 2.24) is 19.3 Å². The largest absolute Gasteiger partial charge is 0.451 e. The summed E-state index contributed by atoms with van der Waals surface area (Å²) in [4.78, 5) is 29.4. The van der Waals surface area contributed by atoms with Gasteiger partial charge < -0.3 is 10.1 Å². The predicted octanol–water partition coefficient (Wildman–Crippen LogP) is 4.43. The van der Waals surface area contributed by atoms with E-state index in [0.29, 0.717) is 28.2 Å². The first-order valence-electron chi connectivity index (χ1n) is 10.1. The minimum Gasteiger partial charge on any atom is -0.451 e. The van der Waals surface area contributed by atoms with E-state index in [2.05, 4.69) is 15.4 Å². The van der Waals surface area contributed by atoms with Crippen molar-refractivity contribution in [2.45, 2.75) is 11.7 Å². The summed E-state index contributed by atoms with van der Waals surface area (Å²) in [5.41, 5.74) is 1.50. The summed E-state index contributed by atoms with van der Waals surface area (Å²) in [5, 5.41) is 8.00. The molecule has 0 aliphatic rings. The highest BCUT2D eigenvalue weighted by molar-refractivity contribution is 7.98. The average Bonchev–Trinajstić information content (AvgIpc) is 3.46. The van der Waals surface area contributed by atoms with E-state index < -0.39 is 24.3 Å². The lowest BCUT2D eigenvalue weighted by atomic mass is 10.2. The van der Waals surface area contributed by atoms with Crippen LogP contribution in [0.2, 0.25) is 5.02 Å². The molecule has 1 amide bonds. The van der Waals surface area contributed by atoms with Gasteiger partial charge in [0.05, 0.1) is 18.9 Å². The van der Waals surface area contributed by atoms with Crippen molar-refractivity contribution in [3.63, 3.8) is 0 Å². The number of esters is 1. The third kappa shape index (κ3) is 5.29. The van der Waals surface area contributed by atoms with Crippen molar-refractivity contribution in [2.75, 3.05) is 18.2 Å². The fraction of sp³-hybridized carbons (Fsp3) is 0.130. The maximum absolute atomic E-state index is 13.3. The van der Waals surface area contributed by atoms with Crippen LogP contribution in [-0.2, 0) is 16.1 Å². The number of aromatic nitrogens is 4. The summed E-state index contributed by atoms with van der Waals surface area (Å²) in [6, 6.07) is 14.6. The van der Waals surface area contributed by atoms with E-state index in [1.807, 2.05) is 18.2 Å². The van der Waals surface area contributed by atoms with Gasteiger partial charge in [0.15, 0.2) is 17.5 Å². The zero-order chi connectivity index (χ0) is 24.1. The van der Waals surface area contributed by atoms with Crippen LogP contribution >= 0.6 is 23.4 Å². The van der Waals surface area contributed by atoms with Gasteiger partial charge in [0.1, 0.15) is 11.6 Å². The Hall–Kier alpha value is -3.63. The van der Waals surface area contributed by atoms with Crippen molar-refractivity contribution in [2.24, 2.45) is 0 Å². The fourth-order valence-corrected chi connectivity index (χ4v) is 3.94. The quantitative estimate of drug-likeness (QED) is 0.285. The van der Waals surface area contributed by atoms with E-state index in [4.69, 9.17) is 16.3 Å². The minimum atomic E-state index is -0.739. The van der Waals surface area contributed by atoms with Gasteiger partial charge in [-0.2, -0.15) is 5.10 Å². The normalized spacial score (nSPS) is 10.8. The molecule has 34 heavy (non-hydrogen) atoms. The Morgan fingerprint density at radius 3 is 2.65 bits per heavy atom. The number of nitrogens with one attached hydrogen (secondary N) is 1. The van der Waals surface area contributed by atoms with E-state index in [-0.39, 0.29) is 5.69 Å². The molecule has 174 valence electrons. The smallest absolute Gasteiger partial charge is 0.357 e. The van der Waals surface area contributed by atoms with Gasteiger partial charge in [0.2, 0.25) is 0 Å². The summed E-state index contributed by atoms with van der Waals surface area (Å²) >= 11 is 7.52. The number of carbonyl (C=O) groups excluding carboxylic acids is 2. The van der Waals surface area contributed by atoms with Gasteiger partial charge in [-0.05, 0) is 42.2 Å². The number of rotatable bonds is 8. The molecule has 0 radical (unpaired) electrons. The molecule has 11 heteroatoms. The van der Waals surface area contributed by atoms with Crippen LogP contribution in [0.4, 0.5) is 10.2 Å². The first-order chi connectivity index (χ1) is 16.5. The Kier molecular flexibility index (Phi) is 7.29. The molecule has 2 aromatic heterocycles. The highest BCUT2D eigenvalue weighted by Gasteiger charge is 2.20. The van der Waals surface area contributed by atoms with Gasteiger partial charge in [-0.3, -0.25) is 9.36 Å². The van der Waals surface area contributed by atoms with Crippen molar-refractivity contribution in [3.8, 4) is 5.69 Å². The minimum absolute atomic E-state index is 0.118. The number of anilines is 1. The summed E-state index contributed by atoms with van der Waals surface area (Å²) in [5.74, 6) is -1.24. The number of nitrogens with zero attached hydrogens (tertiary/aromatic N) is 4. The van der Waals surface area contributed by atoms with Crippen molar-refractivity contribution >= 4 is 41.1 Å². The van der Waals surface area contributed by atoms with Crippen LogP contribution in [0.25, 0.3) is 5.69 Å². The molecule has 0 fully saturated rings. The molecule has 0 bridgehead atoms. The number of amides is 1. The predicted molar refractivity (Wildman–Crippen MR) is 127 cm³/mol. The summed E-state index contributed by atoms with van der Waals surface area (Å²) in [6.07, 6.45) is 4.70.